The second-order valence-electron chi connectivity index (χ2n) is 5.94. The molecular formula is C20H18N4O3S. The Balaban J connectivity index is 1.69. The van der Waals surface area contributed by atoms with E-state index in [1.807, 2.05) is 54.9 Å². The number of aromatic nitrogens is 4. The first kappa shape index (κ1) is 18.3. The molecule has 142 valence electrons. The third kappa shape index (κ3) is 4.08. The molecule has 4 aromatic rings. The number of aryl methyl sites for hydroxylation is 1. The van der Waals surface area contributed by atoms with E-state index in [1.54, 1.807) is 24.5 Å². The summed E-state index contributed by atoms with van der Waals surface area (Å²) in [7, 11) is 0. The Labute approximate surface area is 166 Å². The van der Waals surface area contributed by atoms with Crippen molar-refractivity contribution in [3.63, 3.8) is 0 Å². The van der Waals surface area contributed by atoms with E-state index in [0.717, 1.165) is 23.5 Å². The molecule has 0 saturated carbocycles. The molecule has 28 heavy (non-hydrogen) atoms. The van der Waals surface area contributed by atoms with Crippen molar-refractivity contribution >= 4 is 18.0 Å². The van der Waals surface area contributed by atoms with Crippen LogP contribution in [0.3, 0.4) is 0 Å². The smallest absolute Gasteiger partial charge is 0.225 e. The number of pyridine rings is 3. The monoisotopic (exact) mass is 394 g/mol. The van der Waals surface area contributed by atoms with Gasteiger partial charge in [0.1, 0.15) is 17.0 Å². The van der Waals surface area contributed by atoms with E-state index in [0.29, 0.717) is 35.4 Å². The predicted octanol–water partition coefficient (Wildman–Crippen LogP) is 4.87. The van der Waals surface area contributed by atoms with Crippen molar-refractivity contribution < 1.29 is 13.1 Å². The van der Waals surface area contributed by atoms with Crippen LogP contribution in [0.4, 0.5) is 0 Å². The largest absolute Gasteiger partial charge is 0.437 e. The Kier molecular flexibility index (Phi) is 5.41. The summed E-state index contributed by atoms with van der Waals surface area (Å²) in [5, 5.41) is 0. The molecule has 4 heterocycles. The highest BCUT2D eigenvalue weighted by Crippen LogP contribution is 2.34. The summed E-state index contributed by atoms with van der Waals surface area (Å²) in [4.78, 5) is 13.3. The van der Waals surface area contributed by atoms with Crippen LogP contribution in [0, 0.1) is 6.92 Å². The second-order valence-corrected chi connectivity index (χ2v) is 6.48. The molecule has 0 radical (unpaired) electrons. The number of hydrogen-bond donors (Lipinski definition) is 0. The summed E-state index contributed by atoms with van der Waals surface area (Å²) in [6.45, 7) is 4.44. The molecule has 0 N–H and O–H groups in total. The third-order valence-electron chi connectivity index (χ3n) is 3.84. The minimum atomic E-state index is 0.476. The van der Waals surface area contributed by atoms with Crippen molar-refractivity contribution in [2.75, 3.05) is 6.61 Å². The van der Waals surface area contributed by atoms with E-state index < -0.39 is 0 Å². The maximum absolute atomic E-state index is 5.76. The average Bonchev–Trinajstić information content (AvgIpc) is 3.12. The summed E-state index contributed by atoms with van der Waals surface area (Å²) in [5.41, 5.74) is 3.28. The lowest BCUT2D eigenvalue weighted by atomic mass is 10.2. The van der Waals surface area contributed by atoms with Gasteiger partial charge in [-0.2, -0.15) is 0 Å². The van der Waals surface area contributed by atoms with E-state index in [-0.39, 0.29) is 0 Å². The first-order chi connectivity index (χ1) is 13.7. The molecule has 4 rings (SSSR count). The van der Waals surface area contributed by atoms with Gasteiger partial charge in [0.15, 0.2) is 11.5 Å². The fourth-order valence-corrected chi connectivity index (χ4v) is 2.92. The summed E-state index contributed by atoms with van der Waals surface area (Å²) < 4.78 is 18.7. The van der Waals surface area contributed by atoms with Crippen LogP contribution in [0.25, 0.3) is 17.0 Å². The molecule has 0 aliphatic carbocycles. The molecule has 4 aromatic heterocycles. The molecule has 0 aromatic carbocycles. The lowest BCUT2D eigenvalue weighted by Gasteiger charge is -2.09. The fraction of sp³-hybridized carbons (Fsp3) is 0.150. The van der Waals surface area contributed by atoms with Crippen molar-refractivity contribution in [3.8, 4) is 28.8 Å². The number of fused-ring (bicyclic) bond motifs is 1. The van der Waals surface area contributed by atoms with Crippen molar-refractivity contribution in [2.24, 2.45) is 0 Å². The lowest BCUT2D eigenvalue weighted by Crippen LogP contribution is -1.94. The second kappa shape index (κ2) is 8.28. The van der Waals surface area contributed by atoms with Gasteiger partial charge in [-0.05, 0) is 37.6 Å². The Morgan fingerprint density at radius 2 is 2.07 bits per heavy atom. The Morgan fingerprint density at radius 3 is 2.89 bits per heavy atom. The molecule has 0 saturated heterocycles. The van der Waals surface area contributed by atoms with Crippen LogP contribution in [0.1, 0.15) is 12.5 Å². The van der Waals surface area contributed by atoms with Crippen molar-refractivity contribution in [2.45, 2.75) is 13.8 Å². The normalized spacial score (nSPS) is 10.9. The molecule has 0 aliphatic heterocycles. The van der Waals surface area contributed by atoms with Gasteiger partial charge in [-0.25, -0.2) is 15.0 Å². The predicted molar refractivity (Wildman–Crippen MR) is 107 cm³/mol. The van der Waals surface area contributed by atoms with Gasteiger partial charge in [0.05, 0.1) is 12.8 Å². The van der Waals surface area contributed by atoms with Crippen LogP contribution >= 0.6 is 12.3 Å². The van der Waals surface area contributed by atoms with Crippen LogP contribution in [-0.2, 0) is 4.18 Å². The fourth-order valence-electron chi connectivity index (χ4n) is 2.57. The van der Waals surface area contributed by atoms with Gasteiger partial charge in [0.2, 0.25) is 18.2 Å². The van der Waals surface area contributed by atoms with Crippen molar-refractivity contribution in [1.29, 1.82) is 0 Å². The van der Waals surface area contributed by atoms with Crippen molar-refractivity contribution in [3.05, 3.63) is 66.7 Å². The average molecular weight is 394 g/mol. The Bertz CT molecular complexity index is 1090. The summed E-state index contributed by atoms with van der Waals surface area (Å²) in [6, 6.07) is 11.2. The van der Waals surface area contributed by atoms with Gasteiger partial charge in [-0.15, -0.1) is 0 Å². The van der Waals surface area contributed by atoms with Crippen LogP contribution in [0.15, 0.2) is 61.2 Å². The van der Waals surface area contributed by atoms with E-state index in [4.69, 9.17) is 13.1 Å². The van der Waals surface area contributed by atoms with Gasteiger partial charge in [0, 0.05) is 30.7 Å². The first-order valence-electron chi connectivity index (χ1n) is 8.74. The van der Waals surface area contributed by atoms with Crippen LogP contribution < -0.4 is 8.92 Å². The van der Waals surface area contributed by atoms with Gasteiger partial charge in [0.25, 0.3) is 0 Å². The maximum Gasteiger partial charge on any atom is 0.225 e. The molecule has 0 unspecified atom stereocenters. The topological polar surface area (TPSA) is 70.8 Å². The zero-order chi connectivity index (χ0) is 19.3. The number of rotatable bonds is 7. The van der Waals surface area contributed by atoms with Gasteiger partial charge >= 0.3 is 0 Å². The summed E-state index contributed by atoms with van der Waals surface area (Å²) in [5.74, 6) is 1.48. The van der Waals surface area contributed by atoms with Crippen LogP contribution in [0.2, 0.25) is 0 Å². The Hall–Kier alpha value is -3.10. The molecule has 0 atom stereocenters. The van der Waals surface area contributed by atoms with Crippen LogP contribution in [0.5, 0.6) is 17.4 Å². The summed E-state index contributed by atoms with van der Waals surface area (Å²) >= 11 is 0.894. The molecule has 8 heteroatoms. The molecule has 0 amide bonds. The third-order valence-corrected chi connectivity index (χ3v) is 4.42. The molecule has 0 spiro atoms. The van der Waals surface area contributed by atoms with Gasteiger partial charge < -0.3 is 13.3 Å². The number of imidazole rings is 1. The number of nitrogens with zero attached hydrogens (tertiary/aromatic N) is 4. The Morgan fingerprint density at radius 1 is 1.14 bits per heavy atom. The number of ether oxygens (including phenoxy) is 1. The molecular weight excluding hydrogens is 376 g/mol. The van der Waals surface area contributed by atoms with Crippen LogP contribution in [-0.4, -0.2) is 26.0 Å². The highest BCUT2D eigenvalue weighted by Gasteiger charge is 2.15. The van der Waals surface area contributed by atoms with E-state index >= 15 is 0 Å². The zero-order valence-corrected chi connectivity index (χ0v) is 16.2. The lowest BCUT2D eigenvalue weighted by molar-refractivity contribution is 0.369. The molecule has 0 aliphatic rings. The quantitative estimate of drug-likeness (QED) is 0.327. The van der Waals surface area contributed by atoms with E-state index in [9.17, 15) is 0 Å². The van der Waals surface area contributed by atoms with Crippen molar-refractivity contribution in [1.82, 2.24) is 19.4 Å². The van der Waals surface area contributed by atoms with Gasteiger partial charge in [-0.3, -0.25) is 4.18 Å². The van der Waals surface area contributed by atoms with E-state index in [1.165, 1.54) is 0 Å². The minimum Gasteiger partial charge on any atom is -0.437 e. The first-order valence-corrected chi connectivity index (χ1v) is 9.40. The van der Waals surface area contributed by atoms with E-state index in [2.05, 4.69) is 15.0 Å². The summed E-state index contributed by atoms with van der Waals surface area (Å²) in [6.07, 6.45) is 7.17. The standard InChI is InChI=1S/C20H18N4O3S/c1-3-25-28-27-17-11-15(26-19-6-4-5-8-21-19)12-22-20(17)16-13-24-9-7-14(2)10-18(24)23-16/h4-13H,3H2,1-2H3. The molecule has 7 nitrogen and oxygen atoms in total. The van der Waals surface area contributed by atoms with Gasteiger partial charge in [-0.1, -0.05) is 6.07 Å². The minimum absolute atomic E-state index is 0.476. The molecule has 0 fully saturated rings. The zero-order valence-electron chi connectivity index (χ0n) is 15.4. The number of hydrogen-bond acceptors (Lipinski definition) is 7. The highest BCUT2D eigenvalue weighted by molar-refractivity contribution is 7.90. The molecule has 0 bridgehead atoms. The SMILES string of the molecule is CCOSOc1cc(Oc2ccccn2)cnc1-c1cn2ccc(C)cc2n1. The maximum atomic E-state index is 5.76. The highest BCUT2D eigenvalue weighted by atomic mass is 32.2.